The lowest BCUT2D eigenvalue weighted by atomic mass is 9.98. The third-order valence-corrected chi connectivity index (χ3v) is 4.99. The quantitative estimate of drug-likeness (QED) is 0.508. The first kappa shape index (κ1) is 20.5. The fourth-order valence-corrected chi connectivity index (χ4v) is 3.44. The Kier molecular flexibility index (Phi) is 7.81. The molecule has 3 rings (SSSR count). The predicted octanol–water partition coefficient (Wildman–Crippen LogP) is 2.70. The van der Waals surface area contributed by atoms with Crippen LogP contribution in [0.5, 0.6) is 0 Å². The summed E-state index contributed by atoms with van der Waals surface area (Å²) in [4.78, 5) is 0. The Labute approximate surface area is 160 Å². The standard InChI is InChI=1S/C21H30O6/c1-2-3-4-5-6-10-13-24-21-18(23)17(22)19-16(26-21)14-25-20(27-19)15-11-8-7-9-12-15/h2,7-9,11-12,16-23H,1,3-6,10,13-14H2/t16?,17-,18?,19+,20?,21-/m1/s1. The number of aliphatic hydroxyl groups is 2. The molecule has 6 heteroatoms. The number of hydrogen-bond donors (Lipinski definition) is 2. The number of fused-ring (bicyclic) bond motifs is 1. The van der Waals surface area contributed by atoms with Crippen molar-refractivity contribution in [1.29, 1.82) is 0 Å². The Hall–Kier alpha value is -1.28. The summed E-state index contributed by atoms with van der Waals surface area (Å²) in [6.07, 6.45) is 2.34. The van der Waals surface area contributed by atoms with Crippen LogP contribution in [0.4, 0.5) is 0 Å². The highest BCUT2D eigenvalue weighted by Gasteiger charge is 2.49. The Morgan fingerprint density at radius 3 is 2.59 bits per heavy atom. The van der Waals surface area contributed by atoms with E-state index in [0.717, 1.165) is 37.7 Å². The van der Waals surface area contributed by atoms with E-state index in [0.29, 0.717) is 6.61 Å². The molecule has 0 spiro atoms. The Morgan fingerprint density at radius 2 is 1.81 bits per heavy atom. The second-order valence-electron chi connectivity index (χ2n) is 7.06. The fraction of sp³-hybridized carbons (Fsp3) is 0.619. The molecular formula is C21H30O6. The van der Waals surface area contributed by atoms with Gasteiger partial charge in [-0.2, -0.15) is 0 Å². The molecule has 2 saturated heterocycles. The predicted molar refractivity (Wildman–Crippen MR) is 99.9 cm³/mol. The van der Waals surface area contributed by atoms with Crippen LogP contribution in [0.3, 0.4) is 0 Å². The van der Waals surface area contributed by atoms with Crippen LogP contribution in [0, 0.1) is 0 Å². The van der Waals surface area contributed by atoms with Gasteiger partial charge in [-0.15, -0.1) is 6.58 Å². The lowest BCUT2D eigenvalue weighted by Gasteiger charge is -2.46. The van der Waals surface area contributed by atoms with Gasteiger partial charge in [0.25, 0.3) is 0 Å². The molecule has 3 unspecified atom stereocenters. The van der Waals surface area contributed by atoms with Crippen molar-refractivity contribution in [2.24, 2.45) is 0 Å². The molecule has 6 nitrogen and oxygen atoms in total. The van der Waals surface area contributed by atoms with Crippen LogP contribution in [0.15, 0.2) is 43.0 Å². The van der Waals surface area contributed by atoms with E-state index < -0.39 is 37.0 Å². The average molecular weight is 378 g/mol. The van der Waals surface area contributed by atoms with E-state index >= 15 is 0 Å². The molecule has 0 bridgehead atoms. The van der Waals surface area contributed by atoms with E-state index in [2.05, 4.69) is 6.58 Å². The molecule has 2 fully saturated rings. The summed E-state index contributed by atoms with van der Waals surface area (Å²) in [5.41, 5.74) is 0.868. The van der Waals surface area contributed by atoms with E-state index in [1.807, 2.05) is 36.4 Å². The molecule has 2 heterocycles. The van der Waals surface area contributed by atoms with Gasteiger partial charge in [0.05, 0.1) is 6.61 Å². The molecule has 2 N–H and O–H groups in total. The lowest BCUT2D eigenvalue weighted by Crippen LogP contribution is -2.62. The monoisotopic (exact) mass is 378 g/mol. The lowest BCUT2D eigenvalue weighted by molar-refractivity contribution is -0.361. The van der Waals surface area contributed by atoms with Crippen molar-refractivity contribution in [2.45, 2.75) is 69.1 Å². The van der Waals surface area contributed by atoms with Crippen molar-refractivity contribution < 1.29 is 29.2 Å². The summed E-state index contributed by atoms with van der Waals surface area (Å²) in [5, 5.41) is 20.9. The van der Waals surface area contributed by atoms with Crippen molar-refractivity contribution in [3.05, 3.63) is 48.6 Å². The van der Waals surface area contributed by atoms with E-state index in [4.69, 9.17) is 18.9 Å². The smallest absolute Gasteiger partial charge is 0.186 e. The molecule has 0 aliphatic carbocycles. The first-order chi connectivity index (χ1) is 13.2. The van der Waals surface area contributed by atoms with Gasteiger partial charge in [-0.3, -0.25) is 0 Å². The van der Waals surface area contributed by atoms with Crippen LogP contribution in [-0.4, -0.2) is 54.1 Å². The van der Waals surface area contributed by atoms with Crippen molar-refractivity contribution in [3.63, 3.8) is 0 Å². The molecule has 1 aromatic carbocycles. The zero-order valence-electron chi connectivity index (χ0n) is 15.6. The molecule has 2 aliphatic heterocycles. The molecule has 1 aromatic rings. The summed E-state index contributed by atoms with van der Waals surface area (Å²) >= 11 is 0. The van der Waals surface area contributed by atoms with E-state index in [1.165, 1.54) is 0 Å². The average Bonchev–Trinajstić information content (AvgIpc) is 2.71. The molecular weight excluding hydrogens is 348 g/mol. The minimum atomic E-state index is -1.15. The van der Waals surface area contributed by atoms with E-state index in [1.54, 1.807) is 0 Å². The van der Waals surface area contributed by atoms with Crippen LogP contribution in [0.1, 0.15) is 44.0 Å². The molecule has 6 atom stereocenters. The zero-order chi connectivity index (χ0) is 19.1. The van der Waals surface area contributed by atoms with E-state index in [9.17, 15) is 10.2 Å². The van der Waals surface area contributed by atoms with E-state index in [-0.39, 0.29) is 6.61 Å². The van der Waals surface area contributed by atoms with Gasteiger partial charge in [-0.25, -0.2) is 0 Å². The number of unbranched alkanes of at least 4 members (excludes halogenated alkanes) is 4. The van der Waals surface area contributed by atoms with Crippen LogP contribution in [-0.2, 0) is 18.9 Å². The second kappa shape index (κ2) is 10.3. The van der Waals surface area contributed by atoms with Crippen LogP contribution in [0.2, 0.25) is 0 Å². The number of hydrogen-bond acceptors (Lipinski definition) is 6. The minimum Gasteiger partial charge on any atom is -0.387 e. The highest BCUT2D eigenvalue weighted by molar-refractivity contribution is 5.16. The van der Waals surface area contributed by atoms with Crippen molar-refractivity contribution in [1.82, 2.24) is 0 Å². The highest BCUT2D eigenvalue weighted by Crippen LogP contribution is 2.34. The first-order valence-electron chi connectivity index (χ1n) is 9.77. The van der Waals surface area contributed by atoms with Crippen molar-refractivity contribution >= 4 is 0 Å². The maximum atomic E-state index is 10.5. The zero-order valence-corrected chi connectivity index (χ0v) is 15.6. The third-order valence-electron chi connectivity index (χ3n) is 4.99. The molecule has 0 saturated carbocycles. The van der Waals surface area contributed by atoms with Gasteiger partial charge < -0.3 is 29.2 Å². The van der Waals surface area contributed by atoms with Crippen LogP contribution >= 0.6 is 0 Å². The first-order valence-corrected chi connectivity index (χ1v) is 9.77. The molecule has 2 aliphatic rings. The van der Waals surface area contributed by atoms with Crippen molar-refractivity contribution in [2.75, 3.05) is 13.2 Å². The van der Waals surface area contributed by atoms with Gasteiger partial charge >= 0.3 is 0 Å². The Morgan fingerprint density at radius 1 is 1.04 bits per heavy atom. The number of ether oxygens (including phenoxy) is 4. The summed E-state index contributed by atoms with van der Waals surface area (Å²) in [6.45, 7) is 4.47. The Balaban J connectivity index is 1.46. The molecule has 0 aromatic heterocycles. The van der Waals surface area contributed by atoms with Gasteiger partial charge in [-0.1, -0.05) is 49.2 Å². The third kappa shape index (κ3) is 5.38. The maximum absolute atomic E-state index is 10.5. The number of aliphatic hydroxyl groups excluding tert-OH is 2. The highest BCUT2D eigenvalue weighted by atomic mass is 16.8. The fourth-order valence-electron chi connectivity index (χ4n) is 3.44. The molecule has 150 valence electrons. The van der Waals surface area contributed by atoms with Gasteiger partial charge in [0, 0.05) is 12.2 Å². The largest absolute Gasteiger partial charge is 0.387 e. The molecule has 0 radical (unpaired) electrons. The van der Waals surface area contributed by atoms with Gasteiger partial charge in [0.2, 0.25) is 0 Å². The van der Waals surface area contributed by atoms with Gasteiger partial charge in [0.15, 0.2) is 12.6 Å². The van der Waals surface area contributed by atoms with Crippen LogP contribution < -0.4 is 0 Å². The summed E-state index contributed by atoms with van der Waals surface area (Å²) in [6, 6.07) is 9.52. The second-order valence-corrected chi connectivity index (χ2v) is 7.06. The minimum absolute atomic E-state index is 0.273. The van der Waals surface area contributed by atoms with Crippen molar-refractivity contribution in [3.8, 4) is 0 Å². The Bertz CT molecular complexity index is 563. The normalized spacial score (nSPS) is 33.4. The molecule has 27 heavy (non-hydrogen) atoms. The molecule has 0 amide bonds. The number of benzene rings is 1. The maximum Gasteiger partial charge on any atom is 0.186 e. The van der Waals surface area contributed by atoms with Crippen LogP contribution in [0.25, 0.3) is 0 Å². The number of rotatable bonds is 9. The van der Waals surface area contributed by atoms with Gasteiger partial charge in [-0.05, 0) is 19.3 Å². The summed E-state index contributed by atoms with van der Waals surface area (Å²) in [7, 11) is 0. The number of allylic oxidation sites excluding steroid dienone is 1. The topological polar surface area (TPSA) is 77.4 Å². The summed E-state index contributed by atoms with van der Waals surface area (Å²) < 4.78 is 23.1. The summed E-state index contributed by atoms with van der Waals surface area (Å²) in [5.74, 6) is 0. The van der Waals surface area contributed by atoms with Gasteiger partial charge in [0.1, 0.15) is 24.4 Å². The SMILES string of the molecule is C=CCCCCCCO[C@@H]1OC2COC(c3ccccc3)O[C@@H]2[C@H](O)C1O.